The number of amides is 1. The number of nitrogens with zero attached hydrogens (tertiary/aromatic N) is 3. The lowest BCUT2D eigenvalue weighted by Crippen LogP contribution is -2.41. The lowest BCUT2D eigenvalue weighted by Gasteiger charge is -2.32. The van der Waals surface area contributed by atoms with Gasteiger partial charge in [0.1, 0.15) is 0 Å². The van der Waals surface area contributed by atoms with E-state index in [1.165, 1.54) is 0 Å². The van der Waals surface area contributed by atoms with Gasteiger partial charge in [0.25, 0.3) is 5.91 Å². The van der Waals surface area contributed by atoms with E-state index in [0.717, 1.165) is 51.0 Å². The first-order valence-electron chi connectivity index (χ1n) is 7.79. The minimum atomic E-state index is -0.0330. The van der Waals surface area contributed by atoms with Crippen LogP contribution < -0.4 is 5.73 Å². The fraction of sp³-hybridized carbons (Fsp3) is 0.733. The number of nitrogens with one attached hydrogen (secondary N) is 1. The van der Waals surface area contributed by atoms with Crippen molar-refractivity contribution in [3.8, 4) is 0 Å². The molecule has 0 aromatic carbocycles. The van der Waals surface area contributed by atoms with Crippen LogP contribution in [0, 0.1) is 5.92 Å². The fourth-order valence-electron chi connectivity index (χ4n) is 2.98. The topological polar surface area (TPSA) is 78.2 Å². The molecule has 1 amide bonds. The summed E-state index contributed by atoms with van der Waals surface area (Å²) in [6.45, 7) is 4.77. The summed E-state index contributed by atoms with van der Waals surface area (Å²) in [4.78, 5) is 16.6. The van der Waals surface area contributed by atoms with Crippen molar-refractivity contribution in [1.82, 2.24) is 20.0 Å². The number of H-pyrrole nitrogens is 1. The summed E-state index contributed by atoms with van der Waals surface area (Å²) in [6.07, 6.45) is 3.92. The van der Waals surface area contributed by atoms with Crippen LogP contribution in [-0.2, 0) is 6.42 Å². The zero-order chi connectivity index (χ0) is 15.4. The van der Waals surface area contributed by atoms with E-state index in [1.54, 1.807) is 0 Å². The average molecular weight is 293 g/mol. The van der Waals surface area contributed by atoms with Crippen molar-refractivity contribution in [3.05, 3.63) is 11.4 Å². The molecule has 1 aliphatic heterocycles. The number of carbonyl (C=O) groups excluding carboxylic acids is 1. The second-order valence-corrected chi connectivity index (χ2v) is 6.21. The summed E-state index contributed by atoms with van der Waals surface area (Å²) < 4.78 is 0. The average Bonchev–Trinajstić information content (AvgIpc) is 2.80. The molecule has 0 atom stereocenters. The third-order valence-electron chi connectivity index (χ3n) is 4.11. The Balaban J connectivity index is 1.96. The number of anilines is 1. The quantitative estimate of drug-likeness (QED) is 0.859. The first-order valence-corrected chi connectivity index (χ1v) is 7.79. The van der Waals surface area contributed by atoms with Gasteiger partial charge in [0.2, 0.25) is 0 Å². The van der Waals surface area contributed by atoms with Crippen molar-refractivity contribution in [1.29, 1.82) is 0 Å². The maximum absolute atomic E-state index is 12.5. The zero-order valence-corrected chi connectivity index (χ0v) is 13.4. The third-order valence-corrected chi connectivity index (χ3v) is 4.11. The van der Waals surface area contributed by atoms with Crippen molar-refractivity contribution in [2.45, 2.75) is 32.6 Å². The molecule has 0 spiro atoms. The Morgan fingerprint density at radius 1 is 1.43 bits per heavy atom. The van der Waals surface area contributed by atoms with Gasteiger partial charge in [-0.05, 0) is 39.3 Å². The summed E-state index contributed by atoms with van der Waals surface area (Å²) in [7, 11) is 4.19. The molecule has 1 fully saturated rings. The normalized spacial score (nSPS) is 16.7. The molecule has 0 unspecified atom stereocenters. The first-order chi connectivity index (χ1) is 10.0. The van der Waals surface area contributed by atoms with Crippen LogP contribution >= 0.6 is 0 Å². The SMILES string of the molecule is CCCc1[nH]nc(C(=O)N2CCC(CN(C)C)CC2)c1N. The monoisotopic (exact) mass is 293 g/mol. The third kappa shape index (κ3) is 3.75. The van der Waals surface area contributed by atoms with E-state index in [-0.39, 0.29) is 5.91 Å². The predicted molar refractivity (Wildman–Crippen MR) is 84.2 cm³/mol. The second-order valence-electron chi connectivity index (χ2n) is 6.21. The number of aromatic nitrogens is 2. The Morgan fingerprint density at radius 2 is 2.10 bits per heavy atom. The van der Waals surface area contributed by atoms with Crippen molar-refractivity contribution >= 4 is 11.6 Å². The van der Waals surface area contributed by atoms with E-state index < -0.39 is 0 Å². The number of nitrogens with two attached hydrogens (primary N) is 1. The van der Waals surface area contributed by atoms with Gasteiger partial charge in [0.15, 0.2) is 5.69 Å². The number of aromatic amines is 1. The van der Waals surface area contributed by atoms with Crippen LogP contribution in [0.3, 0.4) is 0 Å². The van der Waals surface area contributed by atoms with Crippen LogP contribution in [0.25, 0.3) is 0 Å². The van der Waals surface area contributed by atoms with Crippen LogP contribution in [-0.4, -0.2) is 59.6 Å². The molecule has 2 rings (SSSR count). The van der Waals surface area contributed by atoms with Gasteiger partial charge in [-0.1, -0.05) is 13.3 Å². The van der Waals surface area contributed by atoms with Crippen LogP contribution in [0.4, 0.5) is 5.69 Å². The van der Waals surface area contributed by atoms with Gasteiger partial charge in [-0.15, -0.1) is 0 Å². The number of carbonyl (C=O) groups is 1. The minimum absolute atomic E-state index is 0.0330. The Labute approximate surface area is 126 Å². The molecule has 118 valence electrons. The lowest BCUT2D eigenvalue weighted by molar-refractivity contribution is 0.0673. The summed E-state index contributed by atoms with van der Waals surface area (Å²) in [5, 5.41) is 7.03. The summed E-state index contributed by atoms with van der Waals surface area (Å²) in [6, 6.07) is 0. The van der Waals surface area contributed by atoms with Crippen LogP contribution in [0.15, 0.2) is 0 Å². The van der Waals surface area contributed by atoms with Crippen molar-refractivity contribution in [2.75, 3.05) is 39.5 Å². The molecule has 6 nitrogen and oxygen atoms in total. The largest absolute Gasteiger partial charge is 0.395 e. The maximum atomic E-state index is 12.5. The van der Waals surface area contributed by atoms with Crippen LogP contribution in [0.2, 0.25) is 0 Å². The number of aryl methyl sites for hydroxylation is 1. The van der Waals surface area contributed by atoms with Crippen LogP contribution in [0.1, 0.15) is 42.4 Å². The molecule has 21 heavy (non-hydrogen) atoms. The van der Waals surface area contributed by atoms with Gasteiger partial charge in [0.05, 0.1) is 11.4 Å². The van der Waals surface area contributed by atoms with Gasteiger partial charge < -0.3 is 15.5 Å². The second kappa shape index (κ2) is 6.93. The highest BCUT2D eigenvalue weighted by Crippen LogP contribution is 2.22. The van der Waals surface area contributed by atoms with Gasteiger partial charge in [-0.3, -0.25) is 9.89 Å². The van der Waals surface area contributed by atoms with E-state index in [4.69, 9.17) is 5.73 Å². The molecular weight excluding hydrogens is 266 g/mol. The van der Waals surface area contributed by atoms with Crippen LogP contribution in [0.5, 0.6) is 0 Å². The summed E-state index contributed by atoms with van der Waals surface area (Å²) in [5.74, 6) is 0.644. The summed E-state index contributed by atoms with van der Waals surface area (Å²) in [5.41, 5.74) is 7.84. The first kappa shape index (κ1) is 15.8. The minimum Gasteiger partial charge on any atom is -0.395 e. The molecule has 1 aromatic heterocycles. The van der Waals surface area contributed by atoms with E-state index in [9.17, 15) is 4.79 Å². The molecule has 0 saturated carbocycles. The number of likely N-dealkylation sites (tertiary alicyclic amines) is 1. The molecule has 1 saturated heterocycles. The molecule has 1 aromatic rings. The van der Waals surface area contributed by atoms with Gasteiger partial charge in [-0.25, -0.2) is 0 Å². The maximum Gasteiger partial charge on any atom is 0.276 e. The van der Waals surface area contributed by atoms with Gasteiger partial charge >= 0.3 is 0 Å². The molecule has 1 aliphatic rings. The number of rotatable bonds is 5. The molecular formula is C15H27N5O. The Bertz CT molecular complexity index is 474. The molecule has 2 heterocycles. The number of hydrogen-bond donors (Lipinski definition) is 2. The number of hydrogen-bond acceptors (Lipinski definition) is 4. The summed E-state index contributed by atoms with van der Waals surface area (Å²) >= 11 is 0. The Hall–Kier alpha value is -1.56. The zero-order valence-electron chi connectivity index (χ0n) is 13.4. The van der Waals surface area contributed by atoms with Crippen molar-refractivity contribution < 1.29 is 4.79 Å². The highest BCUT2D eigenvalue weighted by atomic mass is 16.2. The Morgan fingerprint density at radius 3 is 2.67 bits per heavy atom. The van der Waals surface area contributed by atoms with Crippen molar-refractivity contribution in [2.24, 2.45) is 5.92 Å². The standard InChI is InChI=1S/C15H27N5O/c1-4-5-12-13(16)14(18-17-12)15(21)20-8-6-11(7-9-20)10-19(2)3/h11H,4-10,16H2,1-3H3,(H,17,18). The van der Waals surface area contributed by atoms with Gasteiger partial charge in [-0.2, -0.15) is 5.10 Å². The molecule has 0 bridgehead atoms. The molecule has 3 N–H and O–H groups in total. The molecule has 0 aliphatic carbocycles. The predicted octanol–water partition coefficient (Wildman–Crippen LogP) is 1.36. The highest BCUT2D eigenvalue weighted by molar-refractivity contribution is 5.97. The Kier molecular flexibility index (Phi) is 5.22. The van der Waals surface area contributed by atoms with E-state index in [0.29, 0.717) is 17.3 Å². The van der Waals surface area contributed by atoms with E-state index in [1.807, 2.05) is 4.90 Å². The number of piperidine rings is 1. The smallest absolute Gasteiger partial charge is 0.276 e. The van der Waals surface area contributed by atoms with E-state index in [2.05, 4.69) is 36.1 Å². The molecule has 0 radical (unpaired) electrons. The fourth-order valence-corrected chi connectivity index (χ4v) is 2.98. The van der Waals surface area contributed by atoms with E-state index >= 15 is 0 Å². The number of nitrogen functional groups attached to an aromatic ring is 1. The van der Waals surface area contributed by atoms with Gasteiger partial charge in [0, 0.05) is 19.6 Å². The van der Waals surface area contributed by atoms with Crippen molar-refractivity contribution in [3.63, 3.8) is 0 Å². The highest BCUT2D eigenvalue weighted by Gasteiger charge is 2.27. The lowest BCUT2D eigenvalue weighted by atomic mass is 9.96. The molecule has 6 heteroatoms.